The summed E-state index contributed by atoms with van der Waals surface area (Å²) in [5.41, 5.74) is 5.96. The minimum absolute atomic E-state index is 0.179. The summed E-state index contributed by atoms with van der Waals surface area (Å²) < 4.78 is 18.6. The molecule has 0 spiro atoms. The summed E-state index contributed by atoms with van der Waals surface area (Å²) in [6.45, 7) is 1.97. The number of rotatable bonds is 5. The van der Waals surface area contributed by atoms with Gasteiger partial charge in [-0.05, 0) is 19.1 Å². The van der Waals surface area contributed by atoms with Gasteiger partial charge in [0.25, 0.3) is 5.56 Å². The quantitative estimate of drug-likeness (QED) is 0.869. The molecule has 2 aromatic rings. The van der Waals surface area contributed by atoms with Gasteiger partial charge in [0.1, 0.15) is 5.82 Å². The van der Waals surface area contributed by atoms with Crippen LogP contribution in [0.2, 0.25) is 0 Å². The fourth-order valence-electron chi connectivity index (χ4n) is 1.70. The predicted molar refractivity (Wildman–Crippen MR) is 73.1 cm³/mol. The molecule has 0 aliphatic rings. The van der Waals surface area contributed by atoms with Crippen molar-refractivity contribution in [2.24, 2.45) is 5.73 Å². The summed E-state index contributed by atoms with van der Waals surface area (Å²) in [4.78, 5) is 18.3. The summed E-state index contributed by atoms with van der Waals surface area (Å²) in [7, 11) is 0. The summed E-state index contributed by atoms with van der Waals surface area (Å²) >= 11 is 0. The van der Waals surface area contributed by atoms with E-state index in [9.17, 15) is 9.18 Å². The normalized spacial score (nSPS) is 12.2. The first-order chi connectivity index (χ1) is 9.56. The van der Waals surface area contributed by atoms with E-state index in [1.807, 2.05) is 0 Å². The van der Waals surface area contributed by atoms with Crippen molar-refractivity contribution in [1.82, 2.24) is 9.97 Å². The molecule has 1 aromatic heterocycles. The van der Waals surface area contributed by atoms with Crippen LogP contribution in [0, 0.1) is 5.82 Å². The fraction of sp³-hybridized carbons (Fsp3) is 0.286. The zero-order chi connectivity index (χ0) is 14.5. The van der Waals surface area contributed by atoms with Gasteiger partial charge in [-0.2, -0.15) is 0 Å². The van der Waals surface area contributed by atoms with Crippen LogP contribution >= 0.6 is 0 Å². The van der Waals surface area contributed by atoms with Crippen LogP contribution in [-0.2, 0) is 6.42 Å². The Hall–Kier alpha value is -2.21. The SMILES string of the molecule is CC(N)c1cc(=O)[nH]c(CCOc2ccccc2F)n1. The average molecular weight is 277 g/mol. The van der Waals surface area contributed by atoms with E-state index in [0.717, 1.165) is 0 Å². The molecular formula is C14H16FN3O2. The Labute approximate surface area is 115 Å². The Morgan fingerprint density at radius 2 is 2.20 bits per heavy atom. The molecule has 2 rings (SSSR count). The zero-order valence-electron chi connectivity index (χ0n) is 11.1. The second-order valence-corrected chi connectivity index (χ2v) is 4.43. The molecule has 3 N–H and O–H groups in total. The molecule has 106 valence electrons. The molecule has 20 heavy (non-hydrogen) atoms. The van der Waals surface area contributed by atoms with E-state index in [0.29, 0.717) is 17.9 Å². The maximum atomic E-state index is 13.3. The number of ether oxygens (including phenoxy) is 1. The molecule has 1 atom stereocenters. The highest BCUT2D eigenvalue weighted by atomic mass is 19.1. The van der Waals surface area contributed by atoms with Gasteiger partial charge in [-0.25, -0.2) is 9.37 Å². The van der Waals surface area contributed by atoms with Crippen molar-refractivity contribution in [1.29, 1.82) is 0 Å². The van der Waals surface area contributed by atoms with Crippen LogP contribution in [0.25, 0.3) is 0 Å². The van der Waals surface area contributed by atoms with Gasteiger partial charge in [-0.15, -0.1) is 0 Å². The summed E-state index contributed by atoms with van der Waals surface area (Å²) in [5.74, 6) is 0.234. The Bertz CT molecular complexity index is 640. The van der Waals surface area contributed by atoms with E-state index in [2.05, 4.69) is 9.97 Å². The Morgan fingerprint density at radius 3 is 2.90 bits per heavy atom. The number of hydrogen-bond acceptors (Lipinski definition) is 4. The monoisotopic (exact) mass is 277 g/mol. The number of benzene rings is 1. The fourth-order valence-corrected chi connectivity index (χ4v) is 1.70. The smallest absolute Gasteiger partial charge is 0.251 e. The Kier molecular flexibility index (Phi) is 4.47. The second kappa shape index (κ2) is 6.29. The molecule has 0 saturated heterocycles. The topological polar surface area (TPSA) is 81.0 Å². The molecule has 1 heterocycles. The van der Waals surface area contributed by atoms with Crippen molar-refractivity contribution in [2.45, 2.75) is 19.4 Å². The first-order valence-electron chi connectivity index (χ1n) is 6.29. The van der Waals surface area contributed by atoms with E-state index < -0.39 is 5.82 Å². The summed E-state index contributed by atoms with van der Waals surface area (Å²) in [6.07, 6.45) is 0.365. The molecule has 1 aromatic carbocycles. The van der Waals surface area contributed by atoms with Crippen LogP contribution in [0.1, 0.15) is 24.5 Å². The number of aromatic nitrogens is 2. The molecule has 0 saturated carbocycles. The van der Waals surface area contributed by atoms with E-state index in [4.69, 9.17) is 10.5 Å². The van der Waals surface area contributed by atoms with Gasteiger partial charge in [-0.3, -0.25) is 4.79 Å². The maximum Gasteiger partial charge on any atom is 0.251 e. The van der Waals surface area contributed by atoms with E-state index >= 15 is 0 Å². The minimum atomic E-state index is -0.418. The van der Waals surface area contributed by atoms with Gasteiger partial charge in [0.15, 0.2) is 11.6 Å². The molecule has 1 unspecified atom stereocenters. The largest absolute Gasteiger partial charge is 0.490 e. The van der Waals surface area contributed by atoms with E-state index in [1.54, 1.807) is 25.1 Å². The van der Waals surface area contributed by atoms with E-state index in [-0.39, 0.29) is 24.0 Å². The van der Waals surface area contributed by atoms with Gasteiger partial charge < -0.3 is 15.5 Å². The van der Waals surface area contributed by atoms with Crippen LogP contribution in [0.15, 0.2) is 35.1 Å². The molecule has 0 fully saturated rings. The molecule has 0 bridgehead atoms. The van der Waals surface area contributed by atoms with Crippen LogP contribution in [0.4, 0.5) is 4.39 Å². The van der Waals surface area contributed by atoms with Crippen LogP contribution in [-0.4, -0.2) is 16.6 Å². The molecule has 0 radical (unpaired) electrons. The highest BCUT2D eigenvalue weighted by molar-refractivity contribution is 5.23. The first-order valence-corrected chi connectivity index (χ1v) is 6.29. The Morgan fingerprint density at radius 1 is 1.45 bits per heavy atom. The molecule has 5 nitrogen and oxygen atoms in total. The van der Waals surface area contributed by atoms with Crippen molar-refractivity contribution in [3.05, 3.63) is 58.0 Å². The van der Waals surface area contributed by atoms with Gasteiger partial charge in [0, 0.05) is 18.5 Å². The van der Waals surface area contributed by atoms with Crippen LogP contribution in [0.5, 0.6) is 5.75 Å². The molecular weight excluding hydrogens is 261 g/mol. The third-order valence-corrected chi connectivity index (χ3v) is 2.71. The number of nitrogens with two attached hydrogens (primary N) is 1. The molecule has 6 heteroatoms. The lowest BCUT2D eigenvalue weighted by molar-refractivity contribution is 0.302. The van der Waals surface area contributed by atoms with Gasteiger partial charge in [0.05, 0.1) is 12.3 Å². The number of hydrogen-bond donors (Lipinski definition) is 2. The van der Waals surface area contributed by atoms with Crippen LogP contribution < -0.4 is 16.0 Å². The Balaban J connectivity index is 2.01. The van der Waals surface area contributed by atoms with Gasteiger partial charge >= 0.3 is 0 Å². The lowest BCUT2D eigenvalue weighted by Gasteiger charge is -2.08. The third kappa shape index (κ3) is 3.64. The van der Waals surface area contributed by atoms with Crippen molar-refractivity contribution in [3.63, 3.8) is 0 Å². The zero-order valence-corrected chi connectivity index (χ0v) is 11.1. The molecule has 0 aliphatic heterocycles. The lowest BCUT2D eigenvalue weighted by atomic mass is 10.2. The van der Waals surface area contributed by atoms with Crippen molar-refractivity contribution < 1.29 is 9.13 Å². The highest BCUT2D eigenvalue weighted by Crippen LogP contribution is 2.15. The summed E-state index contributed by atoms with van der Waals surface area (Å²) in [6, 6.07) is 7.20. The minimum Gasteiger partial charge on any atom is -0.490 e. The maximum absolute atomic E-state index is 13.3. The van der Waals surface area contributed by atoms with E-state index in [1.165, 1.54) is 12.1 Å². The molecule has 0 aliphatic carbocycles. The standard InChI is InChI=1S/C14H16FN3O2/c1-9(16)11-8-14(19)18-13(17-11)6-7-20-12-5-3-2-4-10(12)15/h2-5,8-9H,6-7,16H2,1H3,(H,17,18,19). The average Bonchev–Trinajstić information content (AvgIpc) is 2.40. The third-order valence-electron chi connectivity index (χ3n) is 2.71. The summed E-state index contributed by atoms with van der Waals surface area (Å²) in [5, 5.41) is 0. The van der Waals surface area contributed by atoms with Crippen LogP contribution in [0.3, 0.4) is 0 Å². The number of nitrogens with one attached hydrogen (secondary N) is 1. The van der Waals surface area contributed by atoms with Gasteiger partial charge in [-0.1, -0.05) is 12.1 Å². The number of nitrogens with zero attached hydrogens (tertiary/aromatic N) is 1. The van der Waals surface area contributed by atoms with Crippen molar-refractivity contribution in [2.75, 3.05) is 6.61 Å². The van der Waals surface area contributed by atoms with Crippen molar-refractivity contribution in [3.8, 4) is 5.75 Å². The number of para-hydroxylation sites is 1. The number of halogens is 1. The van der Waals surface area contributed by atoms with Gasteiger partial charge in [0.2, 0.25) is 0 Å². The number of aromatic amines is 1. The first kappa shape index (κ1) is 14.2. The lowest BCUT2D eigenvalue weighted by Crippen LogP contribution is -2.18. The highest BCUT2D eigenvalue weighted by Gasteiger charge is 2.06. The number of H-pyrrole nitrogens is 1. The van der Waals surface area contributed by atoms with Crippen molar-refractivity contribution >= 4 is 0 Å². The predicted octanol–water partition coefficient (Wildman–Crippen LogP) is 1.55. The second-order valence-electron chi connectivity index (χ2n) is 4.43. The molecule has 0 amide bonds.